The third kappa shape index (κ3) is 5.30. The topological polar surface area (TPSA) is 102 Å². The van der Waals surface area contributed by atoms with Gasteiger partial charge in [0.1, 0.15) is 5.60 Å². The number of ether oxygens (including phenoxy) is 1. The number of aryl methyl sites for hydroxylation is 1. The molecule has 0 unspecified atom stereocenters. The predicted octanol–water partition coefficient (Wildman–Crippen LogP) is 4.15. The summed E-state index contributed by atoms with van der Waals surface area (Å²) in [6.07, 6.45) is 0. The molecule has 9 heteroatoms. The largest absolute Gasteiger partial charge is 0.458 e. The molecule has 8 nitrogen and oxygen atoms in total. The average Bonchev–Trinajstić information content (AvgIpc) is 2.72. The maximum absolute atomic E-state index is 13.6. The van der Waals surface area contributed by atoms with Gasteiger partial charge in [0.05, 0.1) is 16.4 Å². The quantitative estimate of drug-likeness (QED) is 0.345. The number of oxime groups is 1. The number of sulfonamides is 1. The first-order chi connectivity index (χ1) is 15.8. The summed E-state index contributed by atoms with van der Waals surface area (Å²) in [5.41, 5.74) is 0.339. The van der Waals surface area contributed by atoms with Gasteiger partial charge in [0.2, 0.25) is 0 Å². The maximum atomic E-state index is 13.6. The molecule has 1 saturated heterocycles. The van der Waals surface area contributed by atoms with E-state index >= 15 is 0 Å². The highest BCUT2D eigenvalue weighted by molar-refractivity contribution is 7.89. The van der Waals surface area contributed by atoms with E-state index in [-0.39, 0.29) is 22.2 Å². The minimum Gasteiger partial charge on any atom is -0.458 e. The van der Waals surface area contributed by atoms with Gasteiger partial charge in [-0.1, -0.05) is 54.9 Å². The van der Waals surface area contributed by atoms with Crippen molar-refractivity contribution in [2.24, 2.45) is 17.0 Å². The van der Waals surface area contributed by atoms with Crippen molar-refractivity contribution in [1.82, 2.24) is 4.31 Å². The number of amidine groups is 1. The molecule has 0 aliphatic carbocycles. The van der Waals surface area contributed by atoms with Gasteiger partial charge in [-0.15, -0.1) is 0 Å². The molecule has 34 heavy (non-hydrogen) atoms. The lowest BCUT2D eigenvalue weighted by molar-refractivity contribution is -0.162. The Bertz CT molecular complexity index is 1180. The Hall–Kier alpha value is -3.20. The van der Waals surface area contributed by atoms with E-state index in [1.165, 1.54) is 12.1 Å². The van der Waals surface area contributed by atoms with Crippen LogP contribution in [-0.2, 0) is 24.4 Å². The van der Waals surface area contributed by atoms with Crippen LogP contribution in [0.3, 0.4) is 0 Å². The fraction of sp³-hybridized carbons (Fsp3) is 0.400. The van der Waals surface area contributed by atoms with Crippen molar-refractivity contribution >= 4 is 27.8 Å². The Kier molecular flexibility index (Phi) is 7.16. The number of hydrogen-bond donors (Lipinski definition) is 0. The number of hydrogen-bond acceptors (Lipinski definition) is 7. The zero-order valence-corrected chi connectivity index (χ0v) is 21.0. The van der Waals surface area contributed by atoms with Crippen LogP contribution < -0.4 is 0 Å². The third-order valence-corrected chi connectivity index (χ3v) is 7.09. The van der Waals surface area contributed by atoms with Gasteiger partial charge in [-0.25, -0.2) is 22.3 Å². The average molecular weight is 487 g/mol. The lowest BCUT2D eigenvalue weighted by atomic mass is 9.80. The van der Waals surface area contributed by atoms with Crippen LogP contribution >= 0.6 is 0 Å². The molecule has 2 aromatic rings. The van der Waals surface area contributed by atoms with Gasteiger partial charge < -0.3 is 9.57 Å². The number of carbonyl (C=O) groups is 2. The SMILES string of the molecule is Cc1ccc(S(=O)(=O)N2/C(=N\OC(=O)c3ccccc3)[C@@H](C(C)C)[C@@H]2C(=O)OC(C)(C)C)cc1. The zero-order valence-electron chi connectivity index (χ0n) is 20.2. The summed E-state index contributed by atoms with van der Waals surface area (Å²) in [7, 11) is -4.19. The molecule has 3 rings (SSSR count). The minimum atomic E-state index is -4.19. The van der Waals surface area contributed by atoms with Crippen molar-refractivity contribution in [2.45, 2.75) is 58.1 Å². The highest BCUT2D eigenvalue weighted by Crippen LogP contribution is 2.40. The van der Waals surface area contributed by atoms with Gasteiger partial charge >= 0.3 is 11.9 Å². The molecule has 0 radical (unpaired) electrons. The van der Waals surface area contributed by atoms with Crippen molar-refractivity contribution in [1.29, 1.82) is 0 Å². The summed E-state index contributed by atoms with van der Waals surface area (Å²) < 4.78 is 33.6. The summed E-state index contributed by atoms with van der Waals surface area (Å²) in [4.78, 5) is 30.7. The van der Waals surface area contributed by atoms with Crippen LogP contribution in [0.1, 0.15) is 50.5 Å². The smallest absolute Gasteiger partial charge is 0.365 e. The van der Waals surface area contributed by atoms with Crippen LogP contribution in [-0.4, -0.2) is 42.1 Å². The molecule has 182 valence electrons. The standard InChI is InChI=1S/C25H30N2O6S/c1-16(2)20-21(24(29)32-25(4,5)6)27(34(30,31)19-14-12-17(3)13-15-19)22(20)26-33-23(28)18-10-8-7-9-11-18/h7-16,20-21H,1-6H3/b26-22-/t20-,21+/m0/s1. The Balaban J connectivity index is 2.04. The maximum Gasteiger partial charge on any atom is 0.365 e. The van der Waals surface area contributed by atoms with E-state index in [0.29, 0.717) is 0 Å². The molecular formula is C25H30N2O6S. The summed E-state index contributed by atoms with van der Waals surface area (Å²) in [6.45, 7) is 10.7. The van der Waals surface area contributed by atoms with Crippen LogP contribution in [0.2, 0.25) is 0 Å². The summed E-state index contributed by atoms with van der Waals surface area (Å²) >= 11 is 0. The number of carbonyl (C=O) groups excluding carboxylic acids is 2. The molecule has 1 aliphatic heterocycles. The lowest BCUT2D eigenvalue weighted by Gasteiger charge is -2.48. The third-order valence-electron chi connectivity index (χ3n) is 5.29. The van der Waals surface area contributed by atoms with Crippen molar-refractivity contribution < 1.29 is 27.6 Å². The second-order valence-corrected chi connectivity index (χ2v) is 11.4. The normalized spacial score (nSPS) is 19.6. The number of benzene rings is 2. The Morgan fingerprint density at radius 3 is 2.12 bits per heavy atom. The molecule has 0 aromatic heterocycles. The first kappa shape index (κ1) is 25.4. The van der Waals surface area contributed by atoms with E-state index in [0.717, 1.165) is 9.87 Å². The molecule has 1 aliphatic rings. The molecule has 0 N–H and O–H groups in total. The fourth-order valence-electron chi connectivity index (χ4n) is 3.67. The molecule has 0 bridgehead atoms. The van der Waals surface area contributed by atoms with E-state index in [1.54, 1.807) is 63.2 Å². The first-order valence-electron chi connectivity index (χ1n) is 11.0. The predicted molar refractivity (Wildman–Crippen MR) is 127 cm³/mol. The monoisotopic (exact) mass is 486 g/mol. The number of nitrogens with zero attached hydrogens (tertiary/aromatic N) is 2. The van der Waals surface area contributed by atoms with Crippen molar-refractivity contribution in [3.63, 3.8) is 0 Å². The minimum absolute atomic E-state index is 0.00375. The van der Waals surface area contributed by atoms with Gasteiger partial charge in [0, 0.05) is 0 Å². The van der Waals surface area contributed by atoms with Crippen molar-refractivity contribution in [2.75, 3.05) is 0 Å². The van der Waals surface area contributed by atoms with Crippen LogP contribution in [0.5, 0.6) is 0 Å². The summed E-state index contributed by atoms with van der Waals surface area (Å²) in [6, 6.07) is 13.4. The van der Waals surface area contributed by atoms with Crippen LogP contribution in [0.4, 0.5) is 0 Å². The van der Waals surface area contributed by atoms with Crippen LogP contribution in [0, 0.1) is 18.8 Å². The Morgan fingerprint density at radius 1 is 1.00 bits per heavy atom. The van der Waals surface area contributed by atoms with E-state index in [2.05, 4.69) is 5.16 Å². The Morgan fingerprint density at radius 2 is 1.59 bits per heavy atom. The second kappa shape index (κ2) is 9.58. The molecule has 0 amide bonds. The summed E-state index contributed by atoms with van der Waals surface area (Å²) in [5, 5.41) is 3.93. The van der Waals surface area contributed by atoms with Crippen LogP contribution in [0.25, 0.3) is 0 Å². The fourth-order valence-corrected chi connectivity index (χ4v) is 5.30. The van der Waals surface area contributed by atoms with Gasteiger partial charge in [0.25, 0.3) is 10.0 Å². The number of esters is 1. The van der Waals surface area contributed by atoms with Gasteiger partial charge in [-0.3, -0.25) is 0 Å². The van der Waals surface area contributed by atoms with E-state index in [1.807, 2.05) is 20.8 Å². The Labute approximate surface area is 200 Å². The first-order valence-corrected chi connectivity index (χ1v) is 12.4. The summed E-state index contributed by atoms with van der Waals surface area (Å²) in [5.74, 6) is -2.25. The second-order valence-electron chi connectivity index (χ2n) is 9.56. The van der Waals surface area contributed by atoms with Crippen molar-refractivity contribution in [3.05, 3.63) is 65.7 Å². The van der Waals surface area contributed by atoms with Gasteiger partial charge in [0.15, 0.2) is 11.9 Å². The molecule has 1 fully saturated rings. The zero-order chi connectivity index (χ0) is 25.3. The van der Waals surface area contributed by atoms with Gasteiger partial charge in [-0.05, 0) is 57.9 Å². The van der Waals surface area contributed by atoms with Gasteiger partial charge in [-0.2, -0.15) is 0 Å². The number of rotatable bonds is 6. The van der Waals surface area contributed by atoms with Crippen LogP contribution in [0.15, 0.2) is 64.6 Å². The molecular weight excluding hydrogens is 456 g/mol. The highest BCUT2D eigenvalue weighted by atomic mass is 32.2. The molecule has 2 atom stereocenters. The van der Waals surface area contributed by atoms with E-state index in [4.69, 9.17) is 9.57 Å². The molecule has 0 spiro atoms. The highest BCUT2D eigenvalue weighted by Gasteiger charge is 2.58. The van der Waals surface area contributed by atoms with E-state index < -0.39 is 39.5 Å². The van der Waals surface area contributed by atoms with E-state index in [9.17, 15) is 18.0 Å². The van der Waals surface area contributed by atoms with Crippen molar-refractivity contribution in [3.8, 4) is 0 Å². The molecule has 1 heterocycles. The lowest BCUT2D eigenvalue weighted by Crippen LogP contribution is -2.68. The molecule has 0 saturated carbocycles. The molecule has 2 aromatic carbocycles.